The van der Waals surface area contributed by atoms with Gasteiger partial charge in [0.05, 0.1) is 0 Å². The molecule has 144 valence electrons. The average Bonchev–Trinajstić information content (AvgIpc) is 2.53. The molecule has 2 aliphatic rings. The molecule has 4 nitrogen and oxygen atoms in total. The lowest BCUT2D eigenvalue weighted by molar-refractivity contribution is -0.0146. The van der Waals surface area contributed by atoms with E-state index in [1.807, 2.05) is 6.07 Å². The lowest BCUT2D eigenvalue weighted by atomic mass is 9.64. The highest BCUT2D eigenvalue weighted by atomic mass is 16.5. The van der Waals surface area contributed by atoms with Gasteiger partial charge in [-0.1, -0.05) is 33.1 Å². The maximum Gasteiger partial charge on any atom is 0.339 e. The maximum atomic E-state index is 11.9. The Balaban J connectivity index is 2.11. The van der Waals surface area contributed by atoms with Gasteiger partial charge in [-0.15, -0.1) is 0 Å². The molecule has 1 fully saturated rings. The summed E-state index contributed by atoms with van der Waals surface area (Å²) in [6.07, 6.45) is 6.89. The molecular weight excluding hydrogens is 328 g/mol. The van der Waals surface area contributed by atoms with Crippen molar-refractivity contribution in [3.8, 4) is 11.5 Å². The van der Waals surface area contributed by atoms with Gasteiger partial charge in [0.1, 0.15) is 22.7 Å². The van der Waals surface area contributed by atoms with Crippen molar-refractivity contribution >= 4 is 5.97 Å². The van der Waals surface area contributed by atoms with E-state index in [9.17, 15) is 15.0 Å². The van der Waals surface area contributed by atoms with Crippen LogP contribution in [0.1, 0.15) is 93.6 Å². The van der Waals surface area contributed by atoms with Gasteiger partial charge in [-0.05, 0) is 63.0 Å². The van der Waals surface area contributed by atoms with E-state index >= 15 is 0 Å². The first-order chi connectivity index (χ1) is 12.3. The van der Waals surface area contributed by atoms with Gasteiger partial charge < -0.3 is 14.9 Å². The highest BCUT2D eigenvalue weighted by molar-refractivity contribution is 5.94. The summed E-state index contributed by atoms with van der Waals surface area (Å²) in [6, 6.07) is 1.89. The van der Waals surface area contributed by atoms with Crippen molar-refractivity contribution in [3.63, 3.8) is 0 Å². The number of ether oxygens (including phenoxy) is 1. The monoisotopic (exact) mass is 360 g/mol. The summed E-state index contributed by atoms with van der Waals surface area (Å²) in [5.41, 5.74) is 1.22. The van der Waals surface area contributed by atoms with E-state index in [-0.39, 0.29) is 22.8 Å². The molecule has 0 unspecified atom stereocenters. The fourth-order valence-electron chi connectivity index (χ4n) is 5.05. The first kappa shape index (κ1) is 19.1. The summed E-state index contributed by atoms with van der Waals surface area (Å²) in [7, 11) is 0. The smallest absolute Gasteiger partial charge is 0.339 e. The number of rotatable bonds is 5. The third-order valence-electron chi connectivity index (χ3n) is 6.40. The summed E-state index contributed by atoms with van der Waals surface area (Å²) in [5.74, 6) is 0.655. The molecule has 0 saturated heterocycles. The Morgan fingerprint density at radius 2 is 2.04 bits per heavy atom. The molecule has 1 aromatic rings. The molecular formula is C22H32O4. The average molecular weight is 360 g/mol. The van der Waals surface area contributed by atoms with Gasteiger partial charge in [-0.3, -0.25) is 0 Å². The van der Waals surface area contributed by atoms with Crippen LogP contribution in [-0.2, 0) is 6.42 Å². The zero-order chi connectivity index (χ0) is 19.1. The van der Waals surface area contributed by atoms with Crippen molar-refractivity contribution in [1.82, 2.24) is 0 Å². The third kappa shape index (κ3) is 3.30. The van der Waals surface area contributed by atoms with E-state index in [0.29, 0.717) is 29.6 Å². The highest BCUT2D eigenvalue weighted by Crippen LogP contribution is 2.56. The van der Waals surface area contributed by atoms with Crippen LogP contribution in [0.3, 0.4) is 0 Å². The second-order valence-corrected chi connectivity index (χ2v) is 8.77. The van der Waals surface area contributed by atoms with Gasteiger partial charge >= 0.3 is 5.97 Å². The van der Waals surface area contributed by atoms with Crippen molar-refractivity contribution in [2.45, 2.75) is 84.2 Å². The molecule has 1 heterocycles. The van der Waals surface area contributed by atoms with Crippen molar-refractivity contribution in [1.29, 1.82) is 0 Å². The van der Waals surface area contributed by atoms with Gasteiger partial charge in [-0.2, -0.15) is 0 Å². The summed E-state index contributed by atoms with van der Waals surface area (Å²) < 4.78 is 6.33. The van der Waals surface area contributed by atoms with E-state index < -0.39 is 5.97 Å². The van der Waals surface area contributed by atoms with Gasteiger partial charge in [-0.25, -0.2) is 4.79 Å². The molecule has 26 heavy (non-hydrogen) atoms. The molecule has 1 aliphatic heterocycles. The first-order valence-electron chi connectivity index (χ1n) is 10.1. The molecule has 4 heteroatoms. The Kier molecular flexibility index (Phi) is 5.23. The minimum absolute atomic E-state index is 0.0545. The fourth-order valence-corrected chi connectivity index (χ4v) is 5.05. The number of aryl methyl sites for hydroxylation is 1. The van der Waals surface area contributed by atoms with Crippen LogP contribution in [0.4, 0.5) is 0 Å². The molecule has 1 aromatic carbocycles. The summed E-state index contributed by atoms with van der Waals surface area (Å²) in [5, 5.41) is 20.7. The van der Waals surface area contributed by atoms with Crippen LogP contribution in [0.5, 0.6) is 11.5 Å². The van der Waals surface area contributed by atoms with Gasteiger partial charge in [0, 0.05) is 11.5 Å². The summed E-state index contributed by atoms with van der Waals surface area (Å²) >= 11 is 0. The third-order valence-corrected chi connectivity index (χ3v) is 6.40. The lowest BCUT2D eigenvalue weighted by Crippen LogP contribution is -2.46. The number of hydrogen-bond donors (Lipinski definition) is 2. The molecule has 2 N–H and O–H groups in total. The van der Waals surface area contributed by atoms with Crippen molar-refractivity contribution in [3.05, 3.63) is 22.8 Å². The molecule has 0 amide bonds. The van der Waals surface area contributed by atoms with Gasteiger partial charge in [0.25, 0.3) is 0 Å². The van der Waals surface area contributed by atoms with Crippen LogP contribution < -0.4 is 4.74 Å². The predicted octanol–water partition coefficient (Wildman–Crippen LogP) is 5.51. The van der Waals surface area contributed by atoms with E-state index in [1.54, 1.807) is 0 Å². The number of carboxylic acids is 1. The van der Waals surface area contributed by atoms with Crippen LogP contribution in [0.25, 0.3) is 0 Å². The van der Waals surface area contributed by atoms with Gasteiger partial charge in [0.15, 0.2) is 0 Å². The number of unbranched alkanes of at least 4 members (excludes halogenated alkanes) is 2. The SMILES string of the molecule is CCCCCc1cc2c(c(O)c1C(=O)O)[C@@H]1C[C@H](C)CC[C@H]1C(C)(C)O2. The Morgan fingerprint density at radius 1 is 1.31 bits per heavy atom. The molecule has 1 saturated carbocycles. The minimum Gasteiger partial charge on any atom is -0.507 e. The number of carbonyl (C=O) groups is 1. The summed E-state index contributed by atoms with van der Waals surface area (Å²) in [6.45, 7) is 8.62. The molecule has 0 bridgehead atoms. The summed E-state index contributed by atoms with van der Waals surface area (Å²) in [4.78, 5) is 11.9. The fraction of sp³-hybridized carbons (Fsp3) is 0.682. The minimum atomic E-state index is -1.04. The van der Waals surface area contributed by atoms with Crippen LogP contribution in [0, 0.1) is 11.8 Å². The number of benzene rings is 1. The van der Waals surface area contributed by atoms with Crippen LogP contribution in [0.2, 0.25) is 0 Å². The van der Waals surface area contributed by atoms with E-state index in [2.05, 4.69) is 27.7 Å². The van der Waals surface area contributed by atoms with Crippen molar-refractivity contribution in [2.24, 2.45) is 11.8 Å². The quantitative estimate of drug-likeness (QED) is 0.679. The van der Waals surface area contributed by atoms with E-state index in [4.69, 9.17) is 4.74 Å². The Hall–Kier alpha value is -1.71. The van der Waals surface area contributed by atoms with Crippen LogP contribution >= 0.6 is 0 Å². The Labute approximate surface area is 156 Å². The van der Waals surface area contributed by atoms with Crippen LogP contribution in [-0.4, -0.2) is 21.8 Å². The first-order valence-corrected chi connectivity index (χ1v) is 10.1. The molecule has 3 rings (SSSR count). The van der Waals surface area contributed by atoms with Crippen LogP contribution in [0.15, 0.2) is 6.07 Å². The maximum absolute atomic E-state index is 11.9. The van der Waals surface area contributed by atoms with Crippen molar-refractivity contribution < 1.29 is 19.7 Å². The molecule has 0 aromatic heterocycles. The molecule has 3 atom stereocenters. The number of phenols is 1. The normalized spacial score (nSPS) is 26.5. The lowest BCUT2D eigenvalue weighted by Gasteiger charge is -2.49. The zero-order valence-electron chi connectivity index (χ0n) is 16.5. The number of aromatic carboxylic acids is 1. The second kappa shape index (κ2) is 7.13. The number of hydrogen-bond acceptors (Lipinski definition) is 3. The molecule has 0 radical (unpaired) electrons. The number of aromatic hydroxyl groups is 1. The van der Waals surface area contributed by atoms with Gasteiger partial charge in [0.2, 0.25) is 0 Å². The Bertz CT molecular complexity index is 692. The largest absolute Gasteiger partial charge is 0.507 e. The number of fused-ring (bicyclic) bond motifs is 3. The van der Waals surface area contributed by atoms with Crippen molar-refractivity contribution in [2.75, 3.05) is 0 Å². The highest BCUT2D eigenvalue weighted by Gasteiger charge is 2.47. The number of carboxylic acid groups (broad SMARTS) is 1. The Morgan fingerprint density at radius 3 is 2.69 bits per heavy atom. The van der Waals surface area contributed by atoms with E-state index in [1.165, 1.54) is 0 Å². The predicted molar refractivity (Wildman–Crippen MR) is 102 cm³/mol. The zero-order valence-corrected chi connectivity index (χ0v) is 16.5. The molecule has 1 aliphatic carbocycles. The topological polar surface area (TPSA) is 66.8 Å². The van der Waals surface area contributed by atoms with E-state index in [0.717, 1.165) is 44.1 Å². The standard InChI is InChI=1S/C22H32O4/c1-5-6-7-8-14-12-17-19(20(23)18(14)21(24)25)15-11-13(2)9-10-16(15)22(3,4)26-17/h12-13,15-16,23H,5-11H2,1-4H3,(H,24,25)/t13-,15-,16-/m1/s1. The second-order valence-electron chi connectivity index (χ2n) is 8.77. The molecule has 0 spiro atoms.